The maximum atomic E-state index is 12.9. The molecule has 1 fully saturated rings. The minimum Gasteiger partial charge on any atom is -0.369 e. The van der Waals surface area contributed by atoms with Gasteiger partial charge < -0.3 is 10.6 Å². The Bertz CT molecular complexity index is 983. The highest BCUT2D eigenvalue weighted by molar-refractivity contribution is 7.89. The van der Waals surface area contributed by atoms with Crippen LogP contribution in [0.4, 0.5) is 5.69 Å². The highest BCUT2D eigenvalue weighted by atomic mass is 32.2. The van der Waals surface area contributed by atoms with Gasteiger partial charge >= 0.3 is 0 Å². The Hall–Kier alpha value is -3.13. The molecule has 0 unspecified atom stereocenters. The van der Waals surface area contributed by atoms with Crippen LogP contribution < -0.4 is 10.6 Å². The molecule has 1 aliphatic heterocycles. The summed E-state index contributed by atoms with van der Waals surface area (Å²) in [6.07, 6.45) is 1.30. The first kappa shape index (κ1) is 18.7. The maximum Gasteiger partial charge on any atom is 0.265 e. The highest BCUT2D eigenvalue weighted by Crippen LogP contribution is 2.23. The number of hydrogen-bond donors (Lipinski definition) is 2. The Morgan fingerprint density at radius 1 is 1.07 bits per heavy atom. The Balaban J connectivity index is 1.86. The molecule has 1 amide bonds. The van der Waals surface area contributed by atoms with Gasteiger partial charge in [0.1, 0.15) is 5.82 Å². The molecule has 2 N–H and O–H groups in total. The number of anilines is 1. The second-order valence-corrected chi connectivity index (χ2v) is 7.83. The van der Waals surface area contributed by atoms with Crippen molar-refractivity contribution in [3.63, 3.8) is 0 Å². The molecule has 140 valence electrons. The third kappa shape index (κ3) is 4.17. The second-order valence-electron chi connectivity index (χ2n) is 5.97. The van der Waals surface area contributed by atoms with Gasteiger partial charge in [-0.05, 0) is 24.3 Å². The number of nitrogens with one attached hydrogen (secondary N) is 2. The lowest BCUT2D eigenvalue weighted by Gasteiger charge is -2.19. The van der Waals surface area contributed by atoms with Crippen LogP contribution in [0.25, 0.3) is 0 Å². The van der Waals surface area contributed by atoms with Crippen LogP contribution >= 0.6 is 0 Å². The van der Waals surface area contributed by atoms with Crippen molar-refractivity contribution in [2.45, 2.75) is 11.8 Å². The molecule has 1 saturated heterocycles. The SMILES string of the molecule is CC(=O)Nc1ccc(S(=O)(=O)N2CCN/C2=C\C(=O)c2ccccc2)cc1. The van der Waals surface area contributed by atoms with E-state index in [0.717, 1.165) is 0 Å². The van der Waals surface area contributed by atoms with E-state index in [4.69, 9.17) is 0 Å². The highest BCUT2D eigenvalue weighted by Gasteiger charge is 2.30. The normalized spacial score (nSPS) is 15.4. The fourth-order valence-corrected chi connectivity index (χ4v) is 4.16. The van der Waals surface area contributed by atoms with Crippen molar-refractivity contribution in [1.82, 2.24) is 9.62 Å². The van der Waals surface area contributed by atoms with Gasteiger partial charge in [-0.15, -0.1) is 0 Å². The van der Waals surface area contributed by atoms with Gasteiger partial charge in [0.15, 0.2) is 5.78 Å². The van der Waals surface area contributed by atoms with E-state index in [9.17, 15) is 18.0 Å². The van der Waals surface area contributed by atoms with E-state index in [1.165, 1.54) is 41.6 Å². The summed E-state index contributed by atoms with van der Waals surface area (Å²) in [6, 6.07) is 14.6. The molecule has 3 rings (SSSR count). The zero-order chi connectivity index (χ0) is 19.4. The number of nitrogens with zero attached hydrogens (tertiary/aromatic N) is 1. The van der Waals surface area contributed by atoms with Crippen molar-refractivity contribution >= 4 is 27.4 Å². The number of carbonyl (C=O) groups is 2. The van der Waals surface area contributed by atoms with Crippen LogP contribution in [0, 0.1) is 0 Å². The van der Waals surface area contributed by atoms with E-state index in [1.807, 2.05) is 0 Å². The van der Waals surface area contributed by atoms with Crippen molar-refractivity contribution in [2.75, 3.05) is 18.4 Å². The van der Waals surface area contributed by atoms with Crippen molar-refractivity contribution in [3.05, 3.63) is 72.1 Å². The fraction of sp³-hybridized carbons (Fsp3) is 0.158. The molecule has 0 atom stereocenters. The summed E-state index contributed by atoms with van der Waals surface area (Å²) in [7, 11) is -3.82. The number of rotatable bonds is 5. The number of hydrogen-bond acceptors (Lipinski definition) is 5. The molecule has 2 aromatic rings. The van der Waals surface area contributed by atoms with Crippen LogP contribution in [0.1, 0.15) is 17.3 Å². The van der Waals surface area contributed by atoms with Gasteiger partial charge in [0.2, 0.25) is 5.91 Å². The summed E-state index contributed by atoms with van der Waals surface area (Å²) < 4.78 is 27.1. The number of ketones is 1. The molecule has 0 spiro atoms. The third-order valence-electron chi connectivity index (χ3n) is 3.98. The van der Waals surface area contributed by atoms with E-state index in [1.54, 1.807) is 30.3 Å². The molecule has 2 aromatic carbocycles. The summed E-state index contributed by atoms with van der Waals surface area (Å²) in [6.45, 7) is 2.02. The van der Waals surface area contributed by atoms with Crippen LogP contribution in [-0.2, 0) is 14.8 Å². The summed E-state index contributed by atoms with van der Waals surface area (Å²) in [4.78, 5) is 23.5. The Labute approximate surface area is 157 Å². The van der Waals surface area contributed by atoms with Crippen LogP contribution in [0.5, 0.6) is 0 Å². The van der Waals surface area contributed by atoms with E-state index in [-0.39, 0.29) is 29.0 Å². The third-order valence-corrected chi connectivity index (χ3v) is 5.81. The fourth-order valence-electron chi connectivity index (χ4n) is 2.72. The monoisotopic (exact) mass is 385 g/mol. The van der Waals surface area contributed by atoms with E-state index >= 15 is 0 Å². The molecule has 0 bridgehead atoms. The molecule has 0 radical (unpaired) electrons. The quantitative estimate of drug-likeness (QED) is 0.606. The molecular weight excluding hydrogens is 366 g/mol. The summed E-state index contributed by atoms with van der Waals surface area (Å²) >= 11 is 0. The van der Waals surface area contributed by atoms with Crippen molar-refractivity contribution in [2.24, 2.45) is 0 Å². The van der Waals surface area contributed by atoms with E-state index in [2.05, 4.69) is 10.6 Å². The van der Waals surface area contributed by atoms with Crippen molar-refractivity contribution in [1.29, 1.82) is 0 Å². The van der Waals surface area contributed by atoms with Gasteiger partial charge in [-0.3, -0.25) is 9.59 Å². The molecule has 0 saturated carbocycles. The van der Waals surface area contributed by atoms with Crippen LogP contribution in [0.3, 0.4) is 0 Å². The molecule has 7 nitrogen and oxygen atoms in total. The first-order valence-electron chi connectivity index (χ1n) is 8.33. The largest absolute Gasteiger partial charge is 0.369 e. The maximum absolute atomic E-state index is 12.9. The predicted molar refractivity (Wildman–Crippen MR) is 101 cm³/mol. The van der Waals surface area contributed by atoms with Gasteiger partial charge in [0, 0.05) is 30.8 Å². The smallest absolute Gasteiger partial charge is 0.265 e. The topological polar surface area (TPSA) is 95.6 Å². The number of benzene rings is 2. The number of amides is 1. The zero-order valence-corrected chi connectivity index (χ0v) is 15.5. The van der Waals surface area contributed by atoms with Gasteiger partial charge in [0.05, 0.1) is 11.4 Å². The van der Waals surface area contributed by atoms with E-state index in [0.29, 0.717) is 17.8 Å². The summed E-state index contributed by atoms with van der Waals surface area (Å²) in [5.74, 6) is -0.269. The molecular formula is C19H19N3O4S. The Morgan fingerprint density at radius 2 is 1.74 bits per heavy atom. The van der Waals surface area contributed by atoms with Gasteiger partial charge in [-0.1, -0.05) is 30.3 Å². The molecule has 27 heavy (non-hydrogen) atoms. The van der Waals surface area contributed by atoms with Gasteiger partial charge in [-0.25, -0.2) is 12.7 Å². The summed E-state index contributed by atoms with van der Waals surface area (Å²) in [5, 5.41) is 5.54. The van der Waals surface area contributed by atoms with Crippen LogP contribution in [0.2, 0.25) is 0 Å². The molecule has 1 aliphatic rings. The van der Waals surface area contributed by atoms with Gasteiger partial charge in [0.25, 0.3) is 10.0 Å². The first-order valence-corrected chi connectivity index (χ1v) is 9.77. The van der Waals surface area contributed by atoms with Crippen molar-refractivity contribution < 1.29 is 18.0 Å². The summed E-state index contributed by atoms with van der Waals surface area (Å²) in [5.41, 5.74) is 0.992. The van der Waals surface area contributed by atoms with Crippen molar-refractivity contribution in [3.8, 4) is 0 Å². The molecule has 0 aromatic heterocycles. The number of carbonyl (C=O) groups excluding carboxylic acids is 2. The second kappa shape index (κ2) is 7.63. The average Bonchev–Trinajstić information content (AvgIpc) is 3.11. The van der Waals surface area contributed by atoms with Crippen LogP contribution in [0.15, 0.2) is 71.4 Å². The lowest BCUT2D eigenvalue weighted by molar-refractivity contribution is -0.114. The minimum absolute atomic E-state index is 0.0818. The van der Waals surface area contributed by atoms with E-state index < -0.39 is 10.0 Å². The van der Waals surface area contributed by atoms with Gasteiger partial charge in [-0.2, -0.15) is 0 Å². The Kier molecular flexibility index (Phi) is 5.27. The first-order chi connectivity index (χ1) is 12.9. The number of allylic oxidation sites excluding steroid dienone is 1. The molecule has 8 heteroatoms. The Morgan fingerprint density at radius 3 is 2.37 bits per heavy atom. The molecule has 1 heterocycles. The lowest BCUT2D eigenvalue weighted by Crippen LogP contribution is -2.29. The zero-order valence-electron chi connectivity index (χ0n) is 14.7. The minimum atomic E-state index is -3.82. The standard InChI is InChI=1S/C19H19N3O4S/c1-14(23)21-16-7-9-17(10-8-16)27(25,26)22-12-11-20-19(22)13-18(24)15-5-3-2-4-6-15/h2-10,13,20H,11-12H2,1H3,(H,21,23)/b19-13+. The number of sulfonamides is 1. The van der Waals surface area contributed by atoms with Crippen LogP contribution in [-0.4, -0.2) is 37.5 Å². The lowest BCUT2D eigenvalue weighted by atomic mass is 10.1. The molecule has 0 aliphatic carbocycles. The average molecular weight is 385 g/mol. The predicted octanol–water partition coefficient (Wildman–Crippen LogP) is 1.96.